The summed E-state index contributed by atoms with van der Waals surface area (Å²) in [7, 11) is 0. The van der Waals surface area contributed by atoms with Crippen LogP contribution in [0.4, 0.5) is 11.6 Å². The lowest BCUT2D eigenvalue weighted by Crippen LogP contribution is -2.19. The van der Waals surface area contributed by atoms with Crippen LogP contribution in [0.2, 0.25) is 0 Å². The van der Waals surface area contributed by atoms with Crippen molar-refractivity contribution < 1.29 is 5.11 Å². The summed E-state index contributed by atoms with van der Waals surface area (Å²) < 4.78 is 0. The van der Waals surface area contributed by atoms with Crippen molar-refractivity contribution in [1.82, 2.24) is 9.97 Å². The van der Waals surface area contributed by atoms with Crippen molar-refractivity contribution in [3.05, 3.63) is 11.4 Å². The number of hydrogen-bond acceptors (Lipinski definition) is 5. The van der Waals surface area contributed by atoms with Crippen LogP contribution < -0.4 is 10.6 Å². The van der Waals surface area contributed by atoms with Crippen molar-refractivity contribution in [2.45, 2.75) is 59.4 Å². The fraction of sp³-hybridized carbons (Fsp3) is 0.733. The highest BCUT2D eigenvalue weighted by Crippen LogP contribution is 2.21. The van der Waals surface area contributed by atoms with Gasteiger partial charge in [-0.15, -0.1) is 0 Å². The van der Waals surface area contributed by atoms with Crippen LogP contribution in [-0.4, -0.2) is 34.3 Å². The molecule has 0 bridgehead atoms. The van der Waals surface area contributed by atoms with Gasteiger partial charge in [-0.3, -0.25) is 0 Å². The molecule has 0 fully saturated rings. The van der Waals surface area contributed by atoms with Crippen LogP contribution in [0.1, 0.15) is 51.4 Å². The Morgan fingerprint density at radius 1 is 1.20 bits per heavy atom. The van der Waals surface area contributed by atoms with E-state index in [2.05, 4.69) is 41.4 Å². The first-order valence-electron chi connectivity index (χ1n) is 7.61. The average molecular weight is 280 g/mol. The normalized spacial score (nSPS) is 12.2. The monoisotopic (exact) mass is 280 g/mol. The number of rotatable bonds is 9. The molecule has 0 radical (unpaired) electrons. The molecule has 114 valence electrons. The van der Waals surface area contributed by atoms with Gasteiger partial charge in [0.05, 0.1) is 0 Å². The Bertz CT molecular complexity index is 409. The van der Waals surface area contributed by atoms with Crippen LogP contribution in [0.3, 0.4) is 0 Å². The van der Waals surface area contributed by atoms with Gasteiger partial charge < -0.3 is 15.7 Å². The molecule has 0 saturated heterocycles. The number of nitrogens with one attached hydrogen (secondary N) is 2. The van der Waals surface area contributed by atoms with Gasteiger partial charge in [0.2, 0.25) is 0 Å². The smallest absolute Gasteiger partial charge is 0.134 e. The zero-order valence-electron chi connectivity index (χ0n) is 13.2. The molecule has 0 aliphatic carbocycles. The summed E-state index contributed by atoms with van der Waals surface area (Å²) in [5.41, 5.74) is 1.06. The summed E-state index contributed by atoms with van der Waals surface area (Å²) in [6.45, 7) is 9.44. The number of aliphatic hydroxyl groups is 1. The Labute approximate surface area is 122 Å². The van der Waals surface area contributed by atoms with Crippen molar-refractivity contribution in [2.24, 2.45) is 0 Å². The van der Waals surface area contributed by atoms with E-state index in [0.717, 1.165) is 55.3 Å². The Kier molecular flexibility index (Phi) is 7.30. The van der Waals surface area contributed by atoms with Crippen molar-refractivity contribution in [1.29, 1.82) is 0 Å². The van der Waals surface area contributed by atoms with E-state index in [1.165, 1.54) is 0 Å². The molecule has 1 atom stereocenters. The molecule has 5 nitrogen and oxygen atoms in total. The lowest BCUT2D eigenvalue weighted by Gasteiger charge is -2.18. The molecule has 5 heteroatoms. The van der Waals surface area contributed by atoms with Gasteiger partial charge in [0.15, 0.2) is 0 Å². The zero-order chi connectivity index (χ0) is 15.0. The third-order valence-corrected chi connectivity index (χ3v) is 3.19. The molecule has 0 spiro atoms. The van der Waals surface area contributed by atoms with E-state index >= 15 is 0 Å². The second-order valence-electron chi connectivity index (χ2n) is 5.15. The van der Waals surface area contributed by atoms with Gasteiger partial charge in [-0.1, -0.05) is 6.92 Å². The van der Waals surface area contributed by atoms with Crippen LogP contribution in [0, 0.1) is 6.92 Å². The fourth-order valence-corrected chi connectivity index (χ4v) is 2.08. The highest BCUT2D eigenvalue weighted by Gasteiger charge is 2.12. The predicted molar refractivity (Wildman–Crippen MR) is 84.3 cm³/mol. The van der Waals surface area contributed by atoms with Gasteiger partial charge in [-0.25, -0.2) is 9.97 Å². The number of aryl methyl sites for hydroxylation is 1. The molecule has 1 heterocycles. The Morgan fingerprint density at radius 3 is 2.50 bits per heavy atom. The third kappa shape index (κ3) is 4.96. The van der Waals surface area contributed by atoms with Gasteiger partial charge in [-0.2, -0.15) is 0 Å². The number of anilines is 2. The maximum absolute atomic E-state index is 8.90. The molecular weight excluding hydrogens is 252 g/mol. The van der Waals surface area contributed by atoms with Crippen LogP contribution in [0.25, 0.3) is 0 Å². The molecule has 1 rings (SSSR count). The van der Waals surface area contributed by atoms with E-state index in [4.69, 9.17) is 5.11 Å². The molecule has 1 aromatic heterocycles. The topological polar surface area (TPSA) is 70.1 Å². The second kappa shape index (κ2) is 8.74. The number of hydrogen-bond donors (Lipinski definition) is 3. The van der Waals surface area contributed by atoms with Crippen molar-refractivity contribution in [2.75, 3.05) is 23.8 Å². The summed E-state index contributed by atoms with van der Waals surface area (Å²) in [4.78, 5) is 9.21. The standard InChI is InChI=1S/C15H28N4O/c1-5-8-13-18-14(16-6-2)12(4)15(19-13)17-11(3)9-7-10-20/h11,20H,5-10H2,1-4H3,(H2,16,17,18,19). The first-order chi connectivity index (χ1) is 9.62. The maximum Gasteiger partial charge on any atom is 0.134 e. The predicted octanol–water partition coefficient (Wildman–Crippen LogP) is 2.74. The van der Waals surface area contributed by atoms with Crippen LogP contribution in [-0.2, 0) is 6.42 Å². The van der Waals surface area contributed by atoms with Gasteiger partial charge in [0, 0.05) is 31.2 Å². The lowest BCUT2D eigenvalue weighted by atomic mass is 10.2. The summed E-state index contributed by atoms with van der Waals surface area (Å²) in [5.74, 6) is 2.71. The van der Waals surface area contributed by atoms with Gasteiger partial charge >= 0.3 is 0 Å². The molecule has 0 amide bonds. The quantitative estimate of drug-likeness (QED) is 0.649. The van der Waals surface area contributed by atoms with E-state index in [1.807, 2.05) is 6.92 Å². The molecule has 3 N–H and O–H groups in total. The first-order valence-corrected chi connectivity index (χ1v) is 7.61. The number of aliphatic hydroxyl groups excluding tert-OH is 1. The summed E-state index contributed by atoms with van der Waals surface area (Å²) >= 11 is 0. The van der Waals surface area contributed by atoms with E-state index in [-0.39, 0.29) is 6.61 Å². The zero-order valence-corrected chi connectivity index (χ0v) is 13.2. The summed E-state index contributed by atoms with van der Waals surface area (Å²) in [6.07, 6.45) is 3.66. The Morgan fingerprint density at radius 2 is 1.90 bits per heavy atom. The minimum atomic E-state index is 0.235. The minimum absolute atomic E-state index is 0.235. The summed E-state index contributed by atoms with van der Waals surface area (Å²) in [6, 6.07) is 0.291. The molecule has 0 saturated carbocycles. The highest BCUT2D eigenvalue weighted by molar-refractivity contribution is 5.57. The van der Waals surface area contributed by atoms with Gasteiger partial charge in [0.25, 0.3) is 0 Å². The Balaban J connectivity index is 2.91. The van der Waals surface area contributed by atoms with Crippen molar-refractivity contribution in [3.8, 4) is 0 Å². The minimum Gasteiger partial charge on any atom is -0.396 e. The maximum atomic E-state index is 8.90. The molecule has 0 aromatic carbocycles. The third-order valence-electron chi connectivity index (χ3n) is 3.19. The Hall–Kier alpha value is -1.36. The highest BCUT2D eigenvalue weighted by atomic mass is 16.2. The van der Waals surface area contributed by atoms with Gasteiger partial charge in [0.1, 0.15) is 17.5 Å². The van der Waals surface area contributed by atoms with Crippen molar-refractivity contribution in [3.63, 3.8) is 0 Å². The van der Waals surface area contributed by atoms with E-state index in [0.29, 0.717) is 6.04 Å². The molecule has 1 unspecified atom stereocenters. The lowest BCUT2D eigenvalue weighted by molar-refractivity contribution is 0.282. The second-order valence-corrected chi connectivity index (χ2v) is 5.15. The van der Waals surface area contributed by atoms with Gasteiger partial charge in [-0.05, 0) is 40.0 Å². The van der Waals surface area contributed by atoms with E-state index < -0.39 is 0 Å². The largest absolute Gasteiger partial charge is 0.396 e. The first kappa shape index (κ1) is 16.7. The molecule has 0 aliphatic heterocycles. The van der Waals surface area contributed by atoms with E-state index in [9.17, 15) is 0 Å². The molecule has 1 aromatic rings. The SMILES string of the molecule is CCCc1nc(NCC)c(C)c(NC(C)CCCO)n1. The number of aromatic nitrogens is 2. The molecular formula is C15H28N4O. The molecule has 20 heavy (non-hydrogen) atoms. The van der Waals surface area contributed by atoms with Crippen LogP contribution in [0.5, 0.6) is 0 Å². The number of nitrogens with zero attached hydrogens (tertiary/aromatic N) is 2. The van der Waals surface area contributed by atoms with Crippen molar-refractivity contribution >= 4 is 11.6 Å². The molecule has 0 aliphatic rings. The van der Waals surface area contributed by atoms with Crippen LogP contribution in [0.15, 0.2) is 0 Å². The van der Waals surface area contributed by atoms with Crippen LogP contribution >= 0.6 is 0 Å². The average Bonchev–Trinajstić information content (AvgIpc) is 2.42. The fourth-order valence-electron chi connectivity index (χ4n) is 2.08. The van der Waals surface area contributed by atoms with E-state index in [1.54, 1.807) is 0 Å². The summed E-state index contributed by atoms with van der Waals surface area (Å²) in [5, 5.41) is 15.6.